The molecule has 0 aliphatic carbocycles. The predicted octanol–water partition coefficient (Wildman–Crippen LogP) is -4.04. The number of carboxylic acid groups (broad SMARTS) is 1. The summed E-state index contributed by atoms with van der Waals surface area (Å²) < 4.78 is 0. The standard InChI is InChI=1S/C18H36N8O6S/c19-6-2-1-4-11(24-16(30)13(8-27)26-14(28)10(20)9-33)15(29)25-12(17(31)32)5-3-7-23-18(21)22/h10-13,27,33H,1-9,19-20H2,(H,24,30)(H,25,29)(H,26,28)(H,31,32)(H4,21,22,23). The summed E-state index contributed by atoms with van der Waals surface area (Å²) in [6, 6.07) is -4.70. The molecule has 15 heteroatoms. The SMILES string of the molecule is NCCCCC(NC(=O)C(CO)NC(=O)C(N)CS)C(=O)NC(CCCN=C(N)N)C(=O)O. The Morgan fingerprint density at radius 2 is 1.42 bits per heavy atom. The van der Waals surface area contributed by atoms with Crippen molar-refractivity contribution < 1.29 is 29.4 Å². The van der Waals surface area contributed by atoms with E-state index in [1.54, 1.807) is 0 Å². The van der Waals surface area contributed by atoms with E-state index in [-0.39, 0.29) is 31.1 Å². The van der Waals surface area contributed by atoms with Gasteiger partial charge in [0.2, 0.25) is 17.7 Å². The van der Waals surface area contributed by atoms with Gasteiger partial charge in [-0.05, 0) is 38.6 Å². The third-order valence-electron chi connectivity index (χ3n) is 4.49. The van der Waals surface area contributed by atoms with E-state index in [1.165, 1.54) is 0 Å². The smallest absolute Gasteiger partial charge is 0.326 e. The number of carbonyl (C=O) groups is 4. The molecule has 14 nitrogen and oxygen atoms in total. The number of thiol groups is 1. The second-order valence-electron chi connectivity index (χ2n) is 7.23. The van der Waals surface area contributed by atoms with Crippen LogP contribution in [-0.4, -0.2) is 89.5 Å². The van der Waals surface area contributed by atoms with Gasteiger partial charge in [-0.25, -0.2) is 4.79 Å². The zero-order chi connectivity index (χ0) is 25.4. The summed E-state index contributed by atoms with van der Waals surface area (Å²) in [6.07, 6.45) is 1.55. The molecule has 0 fully saturated rings. The second-order valence-corrected chi connectivity index (χ2v) is 7.59. The third-order valence-corrected chi connectivity index (χ3v) is 4.88. The Bertz CT molecular complexity index is 676. The molecule has 0 rings (SSSR count). The van der Waals surface area contributed by atoms with Crippen LogP contribution in [0.2, 0.25) is 0 Å². The summed E-state index contributed by atoms with van der Waals surface area (Å²) in [5.74, 6) is -3.63. The first-order valence-corrected chi connectivity index (χ1v) is 11.1. The van der Waals surface area contributed by atoms with E-state index in [1.807, 2.05) is 0 Å². The zero-order valence-electron chi connectivity index (χ0n) is 18.4. The van der Waals surface area contributed by atoms with E-state index < -0.39 is 54.5 Å². The number of unbranched alkanes of at least 4 members (excludes halogenated alkanes) is 1. The summed E-state index contributed by atoms with van der Waals surface area (Å²) in [6.45, 7) is -0.191. The molecule has 4 unspecified atom stereocenters. The monoisotopic (exact) mass is 492 g/mol. The van der Waals surface area contributed by atoms with Gasteiger partial charge in [-0.2, -0.15) is 12.6 Å². The highest BCUT2D eigenvalue weighted by molar-refractivity contribution is 7.80. The summed E-state index contributed by atoms with van der Waals surface area (Å²) >= 11 is 3.90. The van der Waals surface area contributed by atoms with E-state index >= 15 is 0 Å². The highest BCUT2D eigenvalue weighted by Crippen LogP contribution is 2.05. The second kappa shape index (κ2) is 16.9. The molecular weight excluding hydrogens is 456 g/mol. The van der Waals surface area contributed by atoms with Crippen LogP contribution in [0.15, 0.2) is 4.99 Å². The van der Waals surface area contributed by atoms with Crippen LogP contribution in [-0.2, 0) is 19.2 Å². The predicted molar refractivity (Wildman–Crippen MR) is 125 cm³/mol. The molecule has 0 aliphatic heterocycles. The van der Waals surface area contributed by atoms with Crippen molar-refractivity contribution in [2.45, 2.75) is 56.3 Å². The van der Waals surface area contributed by atoms with Crippen molar-refractivity contribution in [2.75, 3.05) is 25.4 Å². The number of carboxylic acids is 1. The minimum Gasteiger partial charge on any atom is -0.480 e. The fourth-order valence-corrected chi connectivity index (χ4v) is 2.79. The maximum Gasteiger partial charge on any atom is 0.326 e. The van der Waals surface area contributed by atoms with Gasteiger partial charge in [0.05, 0.1) is 12.6 Å². The van der Waals surface area contributed by atoms with Crippen LogP contribution in [0.1, 0.15) is 32.1 Å². The number of nitrogens with two attached hydrogens (primary N) is 4. The summed E-state index contributed by atoms with van der Waals surface area (Å²) in [5.41, 5.74) is 21.5. The number of amides is 3. The molecule has 190 valence electrons. The van der Waals surface area contributed by atoms with Gasteiger partial charge in [0.1, 0.15) is 18.1 Å². The number of guanidine groups is 1. The van der Waals surface area contributed by atoms with E-state index in [0.717, 1.165) is 0 Å². The van der Waals surface area contributed by atoms with Crippen LogP contribution < -0.4 is 38.9 Å². The highest BCUT2D eigenvalue weighted by atomic mass is 32.1. The average molecular weight is 493 g/mol. The minimum absolute atomic E-state index is 0.0233. The number of aliphatic imine (C=N–C) groups is 1. The Morgan fingerprint density at radius 1 is 0.879 bits per heavy atom. The van der Waals surface area contributed by atoms with Crippen molar-refractivity contribution in [1.82, 2.24) is 16.0 Å². The van der Waals surface area contributed by atoms with Gasteiger partial charge in [0.15, 0.2) is 5.96 Å². The Morgan fingerprint density at radius 3 is 1.94 bits per heavy atom. The molecule has 0 aromatic rings. The van der Waals surface area contributed by atoms with Crippen LogP contribution in [0.4, 0.5) is 0 Å². The lowest BCUT2D eigenvalue weighted by Crippen LogP contribution is -2.58. The summed E-state index contributed by atoms with van der Waals surface area (Å²) in [5, 5.41) is 26.0. The molecule has 0 saturated carbocycles. The number of rotatable bonds is 17. The number of carbonyl (C=O) groups excluding carboxylic acids is 3. The van der Waals surface area contributed by atoms with Crippen LogP contribution in [0.3, 0.4) is 0 Å². The first-order chi connectivity index (χ1) is 15.6. The largest absolute Gasteiger partial charge is 0.480 e. The van der Waals surface area contributed by atoms with Crippen molar-refractivity contribution in [3.05, 3.63) is 0 Å². The van der Waals surface area contributed by atoms with Gasteiger partial charge in [-0.15, -0.1) is 0 Å². The van der Waals surface area contributed by atoms with Crippen molar-refractivity contribution in [2.24, 2.45) is 27.9 Å². The maximum atomic E-state index is 12.7. The Hall–Kier alpha value is -2.62. The summed E-state index contributed by atoms with van der Waals surface area (Å²) in [7, 11) is 0. The normalized spacial score (nSPS) is 14.3. The number of hydrogen-bond acceptors (Lipinski definition) is 9. The molecule has 0 radical (unpaired) electrons. The van der Waals surface area contributed by atoms with Gasteiger partial charge in [-0.1, -0.05) is 0 Å². The van der Waals surface area contributed by atoms with Crippen LogP contribution in [0, 0.1) is 0 Å². The first kappa shape index (κ1) is 30.4. The van der Waals surface area contributed by atoms with Crippen molar-refractivity contribution in [3.8, 4) is 0 Å². The fraction of sp³-hybridized carbons (Fsp3) is 0.722. The Kier molecular flexibility index (Phi) is 15.6. The van der Waals surface area contributed by atoms with Crippen LogP contribution in [0.25, 0.3) is 0 Å². The van der Waals surface area contributed by atoms with Crippen molar-refractivity contribution >= 4 is 42.3 Å². The fourth-order valence-electron chi connectivity index (χ4n) is 2.62. The quantitative estimate of drug-likeness (QED) is 0.0406. The molecule has 0 heterocycles. The number of nitrogens with one attached hydrogen (secondary N) is 3. The van der Waals surface area contributed by atoms with Crippen LogP contribution >= 0.6 is 12.6 Å². The maximum absolute atomic E-state index is 12.7. The summed E-state index contributed by atoms with van der Waals surface area (Å²) in [4.78, 5) is 52.5. The van der Waals surface area contributed by atoms with Gasteiger partial charge in [-0.3, -0.25) is 19.4 Å². The molecule has 0 saturated heterocycles. The van der Waals surface area contributed by atoms with Gasteiger partial charge < -0.3 is 49.1 Å². The molecule has 13 N–H and O–H groups in total. The first-order valence-electron chi connectivity index (χ1n) is 10.4. The number of aliphatic hydroxyl groups excluding tert-OH is 1. The molecule has 0 aromatic heterocycles. The topological polar surface area (TPSA) is 261 Å². The molecule has 0 aliphatic rings. The molecule has 4 atom stereocenters. The molecule has 33 heavy (non-hydrogen) atoms. The van der Waals surface area contributed by atoms with E-state index in [4.69, 9.17) is 22.9 Å². The average Bonchev–Trinajstić information content (AvgIpc) is 2.77. The Labute approximate surface area is 197 Å². The van der Waals surface area contributed by atoms with E-state index in [0.29, 0.717) is 25.8 Å². The van der Waals surface area contributed by atoms with E-state index in [9.17, 15) is 29.4 Å². The number of aliphatic hydroxyl groups is 1. The lowest BCUT2D eigenvalue weighted by atomic mass is 10.1. The third kappa shape index (κ3) is 12.9. The molecule has 3 amide bonds. The Balaban J connectivity index is 5.23. The zero-order valence-corrected chi connectivity index (χ0v) is 19.3. The molecule has 0 spiro atoms. The molecular formula is C18H36N8O6S. The van der Waals surface area contributed by atoms with Crippen molar-refractivity contribution in [3.63, 3.8) is 0 Å². The lowest BCUT2D eigenvalue weighted by molar-refractivity contribution is -0.142. The molecule has 0 bridgehead atoms. The number of hydrogen-bond donors (Lipinski definition) is 10. The number of nitrogens with zero attached hydrogens (tertiary/aromatic N) is 1. The van der Waals surface area contributed by atoms with Crippen LogP contribution in [0.5, 0.6) is 0 Å². The van der Waals surface area contributed by atoms with Gasteiger partial charge >= 0.3 is 5.97 Å². The minimum atomic E-state index is -1.36. The molecule has 0 aromatic carbocycles. The van der Waals surface area contributed by atoms with E-state index in [2.05, 4.69) is 33.6 Å². The number of aliphatic carboxylic acids is 1. The lowest BCUT2D eigenvalue weighted by Gasteiger charge is -2.24. The van der Waals surface area contributed by atoms with Crippen molar-refractivity contribution in [1.29, 1.82) is 0 Å². The van der Waals surface area contributed by atoms with Gasteiger partial charge in [0, 0.05) is 12.3 Å². The van der Waals surface area contributed by atoms with Gasteiger partial charge in [0.25, 0.3) is 0 Å². The highest BCUT2D eigenvalue weighted by Gasteiger charge is 2.29.